The van der Waals surface area contributed by atoms with Gasteiger partial charge in [-0.1, -0.05) is 62.2 Å². The van der Waals surface area contributed by atoms with Gasteiger partial charge in [0.25, 0.3) is 5.91 Å². The fourth-order valence-electron chi connectivity index (χ4n) is 3.26. The van der Waals surface area contributed by atoms with Gasteiger partial charge in [-0.25, -0.2) is 0 Å². The molecule has 0 fully saturated rings. The summed E-state index contributed by atoms with van der Waals surface area (Å²) < 4.78 is 13.3. The van der Waals surface area contributed by atoms with Gasteiger partial charge in [-0.3, -0.25) is 4.79 Å². The molecule has 0 unspecified atom stereocenters. The van der Waals surface area contributed by atoms with Crippen LogP contribution in [0.25, 0.3) is 6.08 Å². The number of rotatable bonds is 6. The van der Waals surface area contributed by atoms with Gasteiger partial charge in [0, 0.05) is 8.95 Å². The fraction of sp³-hybridized carbons (Fsp3) is 0.120. The molecule has 3 aromatic rings. The lowest BCUT2D eigenvalue weighted by atomic mass is 10.1. The van der Waals surface area contributed by atoms with Crippen LogP contribution in [-0.4, -0.2) is 18.7 Å². The maximum atomic E-state index is 13.0. The number of carbonyl (C=O) groups excluding carboxylic acids is 1. The minimum atomic E-state index is -0.171. The Morgan fingerprint density at radius 2 is 1.72 bits per heavy atom. The molecule has 0 spiro atoms. The van der Waals surface area contributed by atoms with Crippen molar-refractivity contribution in [3.05, 3.63) is 92.4 Å². The molecule has 7 heteroatoms. The number of amides is 1. The third kappa shape index (κ3) is 4.79. The van der Waals surface area contributed by atoms with Crippen LogP contribution in [0, 0.1) is 0 Å². The smallest absolute Gasteiger partial charge is 0.280 e. The van der Waals surface area contributed by atoms with E-state index in [9.17, 15) is 4.79 Å². The highest BCUT2D eigenvalue weighted by Crippen LogP contribution is 2.36. The van der Waals surface area contributed by atoms with E-state index in [1.54, 1.807) is 7.11 Å². The predicted octanol–water partition coefficient (Wildman–Crippen LogP) is 6.61. The minimum absolute atomic E-state index is 0.171. The maximum Gasteiger partial charge on any atom is 0.280 e. The van der Waals surface area contributed by atoms with Crippen LogP contribution in [0.4, 0.5) is 5.69 Å². The average Bonchev–Trinajstić information content (AvgIpc) is 3.09. The molecule has 0 N–H and O–H groups in total. The molecular weight excluding hydrogens is 536 g/mol. The minimum Gasteiger partial charge on any atom is -0.493 e. The van der Waals surface area contributed by atoms with Crippen LogP contribution in [-0.2, 0) is 11.4 Å². The SMILES string of the molecule is COc1cc(/C=C2/C(=O)N(c3ccccc3)N=C2C)c(Br)cc1OCc1ccc(Br)cc1. The average molecular weight is 556 g/mol. The molecule has 0 aromatic heterocycles. The molecule has 1 aliphatic heterocycles. The number of halogens is 2. The second-order valence-corrected chi connectivity index (χ2v) is 8.91. The van der Waals surface area contributed by atoms with Gasteiger partial charge in [-0.2, -0.15) is 10.1 Å². The highest BCUT2D eigenvalue weighted by Gasteiger charge is 2.29. The van der Waals surface area contributed by atoms with Gasteiger partial charge in [-0.15, -0.1) is 0 Å². The van der Waals surface area contributed by atoms with E-state index in [-0.39, 0.29) is 5.91 Å². The van der Waals surface area contributed by atoms with E-state index in [0.29, 0.717) is 29.4 Å². The number of hydrazone groups is 1. The lowest BCUT2D eigenvalue weighted by Crippen LogP contribution is -2.21. The molecule has 0 saturated carbocycles. The summed E-state index contributed by atoms with van der Waals surface area (Å²) in [6.45, 7) is 2.24. The van der Waals surface area contributed by atoms with Crippen molar-refractivity contribution in [2.45, 2.75) is 13.5 Å². The van der Waals surface area contributed by atoms with Crippen LogP contribution in [0.2, 0.25) is 0 Å². The van der Waals surface area contributed by atoms with E-state index < -0.39 is 0 Å². The van der Waals surface area contributed by atoms with Crippen molar-refractivity contribution in [2.75, 3.05) is 12.1 Å². The first-order valence-electron chi connectivity index (χ1n) is 9.88. The van der Waals surface area contributed by atoms with Crippen LogP contribution >= 0.6 is 31.9 Å². The van der Waals surface area contributed by atoms with Crippen LogP contribution in [0.15, 0.2) is 86.3 Å². The van der Waals surface area contributed by atoms with E-state index >= 15 is 0 Å². The van der Waals surface area contributed by atoms with Gasteiger partial charge in [0.15, 0.2) is 11.5 Å². The lowest BCUT2D eigenvalue weighted by molar-refractivity contribution is -0.114. The van der Waals surface area contributed by atoms with E-state index in [1.165, 1.54) is 5.01 Å². The molecule has 0 aliphatic carbocycles. The highest BCUT2D eigenvalue weighted by molar-refractivity contribution is 9.10. The van der Waals surface area contributed by atoms with Crippen LogP contribution in [0.5, 0.6) is 11.5 Å². The number of hydrogen-bond acceptors (Lipinski definition) is 4. The summed E-state index contributed by atoms with van der Waals surface area (Å²) in [5.74, 6) is 1.02. The Balaban J connectivity index is 1.59. The van der Waals surface area contributed by atoms with Crippen molar-refractivity contribution in [1.82, 2.24) is 0 Å². The molecule has 32 heavy (non-hydrogen) atoms. The molecule has 0 saturated heterocycles. The van der Waals surface area contributed by atoms with Gasteiger partial charge in [0.2, 0.25) is 0 Å². The quantitative estimate of drug-likeness (QED) is 0.322. The van der Waals surface area contributed by atoms with Crippen molar-refractivity contribution in [2.24, 2.45) is 5.10 Å². The van der Waals surface area contributed by atoms with Crippen LogP contribution in [0.1, 0.15) is 18.1 Å². The van der Waals surface area contributed by atoms with Crippen molar-refractivity contribution < 1.29 is 14.3 Å². The molecule has 0 radical (unpaired) electrons. The summed E-state index contributed by atoms with van der Waals surface area (Å²) in [5.41, 5.74) is 3.75. The number of carbonyl (C=O) groups is 1. The highest BCUT2D eigenvalue weighted by atomic mass is 79.9. The first kappa shape index (κ1) is 22.3. The van der Waals surface area contributed by atoms with E-state index in [1.807, 2.05) is 79.7 Å². The summed E-state index contributed by atoms with van der Waals surface area (Å²) >= 11 is 7.04. The molecule has 4 rings (SSSR count). The summed E-state index contributed by atoms with van der Waals surface area (Å²) in [6, 6.07) is 21.0. The van der Waals surface area contributed by atoms with E-state index in [4.69, 9.17) is 9.47 Å². The molecule has 1 heterocycles. The molecule has 0 atom stereocenters. The zero-order valence-electron chi connectivity index (χ0n) is 17.5. The van der Waals surface area contributed by atoms with Crippen molar-refractivity contribution in [1.29, 1.82) is 0 Å². The predicted molar refractivity (Wildman–Crippen MR) is 134 cm³/mol. The largest absolute Gasteiger partial charge is 0.493 e. The topological polar surface area (TPSA) is 51.1 Å². The van der Waals surface area contributed by atoms with Gasteiger partial charge in [-0.05, 0) is 60.5 Å². The Labute approximate surface area is 203 Å². The van der Waals surface area contributed by atoms with Gasteiger partial charge in [0.05, 0.1) is 24.1 Å². The van der Waals surface area contributed by atoms with Crippen LogP contribution < -0.4 is 14.5 Å². The Morgan fingerprint density at radius 3 is 2.41 bits per heavy atom. The molecule has 162 valence electrons. The van der Waals surface area contributed by atoms with Crippen molar-refractivity contribution in [3.63, 3.8) is 0 Å². The second-order valence-electron chi connectivity index (χ2n) is 7.14. The maximum absolute atomic E-state index is 13.0. The third-order valence-electron chi connectivity index (χ3n) is 4.95. The monoisotopic (exact) mass is 554 g/mol. The number of benzene rings is 3. The van der Waals surface area contributed by atoms with Crippen molar-refractivity contribution in [3.8, 4) is 11.5 Å². The summed E-state index contributed by atoms with van der Waals surface area (Å²) in [7, 11) is 1.59. The number of hydrogen-bond donors (Lipinski definition) is 0. The number of para-hydroxylation sites is 1. The molecule has 1 aliphatic rings. The summed E-state index contributed by atoms with van der Waals surface area (Å²) in [4.78, 5) is 13.0. The molecule has 5 nitrogen and oxygen atoms in total. The summed E-state index contributed by atoms with van der Waals surface area (Å²) in [5, 5.41) is 5.85. The van der Waals surface area contributed by atoms with E-state index in [2.05, 4.69) is 37.0 Å². The van der Waals surface area contributed by atoms with Gasteiger partial charge < -0.3 is 9.47 Å². The Hall–Kier alpha value is -2.90. The lowest BCUT2D eigenvalue weighted by Gasteiger charge is -2.14. The van der Waals surface area contributed by atoms with Crippen molar-refractivity contribution >= 4 is 55.2 Å². The molecule has 0 bridgehead atoms. The first-order valence-corrected chi connectivity index (χ1v) is 11.5. The third-order valence-corrected chi connectivity index (χ3v) is 6.17. The Bertz CT molecular complexity index is 1210. The summed E-state index contributed by atoms with van der Waals surface area (Å²) in [6.07, 6.45) is 1.81. The Kier molecular flexibility index (Phi) is 6.77. The normalized spacial score (nSPS) is 14.6. The fourth-order valence-corrected chi connectivity index (χ4v) is 3.96. The van der Waals surface area contributed by atoms with Gasteiger partial charge >= 0.3 is 0 Å². The number of methoxy groups -OCH3 is 1. The van der Waals surface area contributed by atoms with E-state index in [0.717, 1.165) is 25.8 Å². The van der Waals surface area contributed by atoms with Gasteiger partial charge in [0.1, 0.15) is 6.61 Å². The number of nitrogens with zero attached hydrogens (tertiary/aromatic N) is 2. The zero-order valence-corrected chi connectivity index (χ0v) is 20.7. The molecular formula is C25H20Br2N2O3. The zero-order chi connectivity index (χ0) is 22.7. The Morgan fingerprint density at radius 1 is 1.00 bits per heavy atom. The van der Waals surface area contributed by atoms with Crippen LogP contribution in [0.3, 0.4) is 0 Å². The first-order chi connectivity index (χ1) is 15.5. The number of ether oxygens (including phenoxy) is 2. The molecule has 3 aromatic carbocycles. The standard InChI is InChI=1S/C25H20Br2N2O3/c1-16-21(25(30)29(28-16)20-6-4-3-5-7-20)12-18-13-23(31-2)24(14-22(18)27)32-15-17-8-10-19(26)11-9-17/h3-14H,15H2,1-2H3/b21-12+. The second kappa shape index (κ2) is 9.71. The molecule has 1 amide bonds. The number of anilines is 1.